The van der Waals surface area contributed by atoms with E-state index in [9.17, 15) is 0 Å². The molecule has 2 aromatic heterocycles. The molecule has 0 bridgehead atoms. The third kappa shape index (κ3) is 2.38. The van der Waals surface area contributed by atoms with Gasteiger partial charge in [0.15, 0.2) is 5.82 Å². The number of aromatic nitrogens is 3. The Balaban J connectivity index is 2.60. The van der Waals surface area contributed by atoms with Crippen LogP contribution >= 0.6 is 0 Å². The van der Waals surface area contributed by atoms with Gasteiger partial charge in [-0.1, -0.05) is 12.1 Å². The minimum Gasteiger partial charge on any atom is -0.255 e. The highest BCUT2D eigenvalue weighted by atomic mass is 14.9. The maximum absolute atomic E-state index is 4.53. The van der Waals surface area contributed by atoms with Crippen LogP contribution in [-0.2, 0) is 0 Å². The molecule has 0 N–H and O–H groups in total. The van der Waals surface area contributed by atoms with Gasteiger partial charge in [-0.2, -0.15) is 0 Å². The molecule has 0 amide bonds. The summed E-state index contributed by atoms with van der Waals surface area (Å²) in [5, 5.41) is 0. The third-order valence-electron chi connectivity index (χ3n) is 2.63. The molecule has 0 aliphatic carbocycles. The summed E-state index contributed by atoms with van der Waals surface area (Å²) in [5.41, 5.74) is 3.87. The van der Waals surface area contributed by atoms with E-state index in [1.807, 2.05) is 51.1 Å². The highest BCUT2D eigenvalue weighted by Crippen LogP contribution is 2.20. The van der Waals surface area contributed by atoms with Gasteiger partial charge < -0.3 is 0 Å². The van der Waals surface area contributed by atoms with Gasteiger partial charge in [0, 0.05) is 11.9 Å². The van der Waals surface area contributed by atoms with E-state index in [1.54, 1.807) is 6.20 Å². The summed E-state index contributed by atoms with van der Waals surface area (Å²) in [6, 6.07) is 5.84. The Kier molecular flexibility index (Phi) is 3.28. The lowest BCUT2D eigenvalue weighted by Crippen LogP contribution is -2.00. The molecule has 0 radical (unpaired) electrons. The second-order valence-electron chi connectivity index (χ2n) is 3.86. The number of allylic oxidation sites excluding steroid dienone is 1. The van der Waals surface area contributed by atoms with Crippen molar-refractivity contribution in [1.29, 1.82) is 0 Å². The summed E-state index contributed by atoms with van der Waals surface area (Å²) >= 11 is 0. The molecule has 0 aliphatic rings. The van der Waals surface area contributed by atoms with Crippen LogP contribution in [0.5, 0.6) is 0 Å². The van der Waals surface area contributed by atoms with E-state index in [0.717, 1.165) is 28.5 Å². The molecule has 2 rings (SSSR count). The standard InChI is InChI=1S/C14H15N3/c1-4-7-13-16-11(3)10(2)14(17-13)12-8-5-6-9-15-12/h4-9H,1-3H3/b7-4+. The van der Waals surface area contributed by atoms with E-state index >= 15 is 0 Å². The van der Waals surface area contributed by atoms with Gasteiger partial charge in [0.1, 0.15) is 0 Å². The van der Waals surface area contributed by atoms with Crippen molar-refractivity contribution in [2.45, 2.75) is 20.8 Å². The lowest BCUT2D eigenvalue weighted by Gasteiger charge is -2.07. The summed E-state index contributed by atoms with van der Waals surface area (Å²) in [4.78, 5) is 13.3. The van der Waals surface area contributed by atoms with Gasteiger partial charge in [-0.05, 0) is 44.5 Å². The predicted octanol–water partition coefficient (Wildman–Crippen LogP) is 3.19. The van der Waals surface area contributed by atoms with Crippen molar-refractivity contribution in [2.24, 2.45) is 0 Å². The number of hydrogen-bond acceptors (Lipinski definition) is 3. The first-order valence-corrected chi connectivity index (χ1v) is 5.61. The Hall–Kier alpha value is -2.03. The fourth-order valence-corrected chi connectivity index (χ4v) is 1.63. The topological polar surface area (TPSA) is 38.7 Å². The molecule has 0 aliphatic heterocycles. The van der Waals surface area contributed by atoms with Crippen LogP contribution in [0.1, 0.15) is 24.0 Å². The second-order valence-corrected chi connectivity index (χ2v) is 3.86. The maximum atomic E-state index is 4.53. The van der Waals surface area contributed by atoms with Crippen molar-refractivity contribution < 1.29 is 0 Å². The average molecular weight is 225 g/mol. The van der Waals surface area contributed by atoms with Crippen molar-refractivity contribution in [3.05, 3.63) is 47.6 Å². The first-order chi connectivity index (χ1) is 8.22. The lowest BCUT2D eigenvalue weighted by molar-refractivity contribution is 1.04. The molecule has 0 aromatic carbocycles. The quantitative estimate of drug-likeness (QED) is 0.787. The molecule has 0 unspecified atom stereocenters. The van der Waals surface area contributed by atoms with Gasteiger partial charge in [0.05, 0.1) is 11.4 Å². The van der Waals surface area contributed by atoms with Gasteiger partial charge in [-0.25, -0.2) is 9.97 Å². The average Bonchev–Trinajstić information content (AvgIpc) is 2.35. The Bertz CT molecular complexity index is 545. The maximum Gasteiger partial charge on any atom is 0.152 e. The van der Waals surface area contributed by atoms with Crippen molar-refractivity contribution >= 4 is 6.08 Å². The number of rotatable bonds is 2. The van der Waals surface area contributed by atoms with Crippen LogP contribution in [0.25, 0.3) is 17.5 Å². The fourth-order valence-electron chi connectivity index (χ4n) is 1.63. The molecule has 3 heteroatoms. The highest BCUT2D eigenvalue weighted by Gasteiger charge is 2.09. The van der Waals surface area contributed by atoms with Gasteiger partial charge in [-0.3, -0.25) is 4.98 Å². The predicted molar refractivity (Wildman–Crippen MR) is 69.4 cm³/mol. The van der Waals surface area contributed by atoms with E-state index in [1.165, 1.54) is 0 Å². The molecule has 0 atom stereocenters. The fraction of sp³-hybridized carbons (Fsp3) is 0.214. The largest absolute Gasteiger partial charge is 0.255 e. The molecule has 0 spiro atoms. The van der Waals surface area contributed by atoms with E-state index in [-0.39, 0.29) is 0 Å². The van der Waals surface area contributed by atoms with Crippen LogP contribution < -0.4 is 0 Å². The van der Waals surface area contributed by atoms with Crippen molar-refractivity contribution in [3.63, 3.8) is 0 Å². The normalized spacial score (nSPS) is 11.0. The molecular weight excluding hydrogens is 210 g/mol. The van der Waals surface area contributed by atoms with Crippen molar-refractivity contribution in [3.8, 4) is 11.4 Å². The molecule has 0 saturated heterocycles. The van der Waals surface area contributed by atoms with Crippen LogP contribution in [0, 0.1) is 13.8 Å². The Labute approximate surface area is 101 Å². The Morgan fingerprint density at radius 2 is 1.94 bits per heavy atom. The van der Waals surface area contributed by atoms with Crippen LogP contribution in [-0.4, -0.2) is 15.0 Å². The number of hydrogen-bond donors (Lipinski definition) is 0. The zero-order valence-electron chi connectivity index (χ0n) is 10.3. The minimum absolute atomic E-state index is 0.733. The molecule has 86 valence electrons. The SMILES string of the molecule is C/C=C/c1nc(C)c(C)c(-c2ccccn2)n1. The van der Waals surface area contributed by atoms with E-state index < -0.39 is 0 Å². The Morgan fingerprint density at radius 1 is 1.12 bits per heavy atom. The molecule has 17 heavy (non-hydrogen) atoms. The van der Waals surface area contributed by atoms with Gasteiger partial charge >= 0.3 is 0 Å². The number of aryl methyl sites for hydroxylation is 1. The molecular formula is C14H15N3. The van der Waals surface area contributed by atoms with Crippen molar-refractivity contribution in [1.82, 2.24) is 15.0 Å². The molecule has 0 saturated carbocycles. The Morgan fingerprint density at radius 3 is 2.59 bits per heavy atom. The summed E-state index contributed by atoms with van der Waals surface area (Å²) in [6.07, 6.45) is 5.62. The first kappa shape index (κ1) is 11.5. The second kappa shape index (κ2) is 4.87. The molecule has 2 aromatic rings. The third-order valence-corrected chi connectivity index (χ3v) is 2.63. The molecule has 2 heterocycles. The summed E-state index contributed by atoms with van der Waals surface area (Å²) < 4.78 is 0. The van der Waals surface area contributed by atoms with E-state index in [2.05, 4.69) is 15.0 Å². The minimum atomic E-state index is 0.733. The van der Waals surface area contributed by atoms with Gasteiger partial charge in [0.2, 0.25) is 0 Å². The zero-order chi connectivity index (χ0) is 12.3. The number of nitrogens with zero attached hydrogens (tertiary/aromatic N) is 3. The summed E-state index contributed by atoms with van der Waals surface area (Å²) in [5.74, 6) is 0.733. The van der Waals surface area contributed by atoms with Crippen molar-refractivity contribution in [2.75, 3.05) is 0 Å². The van der Waals surface area contributed by atoms with E-state index in [4.69, 9.17) is 0 Å². The zero-order valence-corrected chi connectivity index (χ0v) is 10.3. The molecule has 0 fully saturated rings. The number of pyridine rings is 1. The smallest absolute Gasteiger partial charge is 0.152 e. The molecule has 3 nitrogen and oxygen atoms in total. The van der Waals surface area contributed by atoms with Crippen LogP contribution in [0.3, 0.4) is 0 Å². The first-order valence-electron chi connectivity index (χ1n) is 5.61. The summed E-state index contributed by atoms with van der Waals surface area (Å²) in [6.45, 7) is 5.98. The van der Waals surface area contributed by atoms with Gasteiger partial charge in [-0.15, -0.1) is 0 Å². The van der Waals surface area contributed by atoms with Crippen LogP contribution in [0.4, 0.5) is 0 Å². The van der Waals surface area contributed by atoms with E-state index in [0.29, 0.717) is 0 Å². The van der Waals surface area contributed by atoms with Gasteiger partial charge in [0.25, 0.3) is 0 Å². The highest BCUT2D eigenvalue weighted by molar-refractivity contribution is 5.60. The van der Waals surface area contributed by atoms with Crippen LogP contribution in [0.2, 0.25) is 0 Å². The summed E-state index contributed by atoms with van der Waals surface area (Å²) in [7, 11) is 0. The van der Waals surface area contributed by atoms with Crippen LogP contribution in [0.15, 0.2) is 30.5 Å². The monoisotopic (exact) mass is 225 g/mol. The lowest BCUT2D eigenvalue weighted by atomic mass is 10.1.